The molecule has 41 heavy (non-hydrogen) atoms. The maximum Gasteiger partial charge on any atom is 0.259 e. The normalized spacial score (nSPS) is 17.8. The van der Waals surface area contributed by atoms with Crippen molar-refractivity contribution in [1.29, 1.82) is 0 Å². The molecular formula is C30H33F2N7O2. The fourth-order valence-corrected chi connectivity index (χ4v) is 5.82. The molecule has 6 rings (SSSR count). The highest BCUT2D eigenvalue weighted by Crippen LogP contribution is 2.37. The number of nitrogens with one attached hydrogen (secondary N) is 1. The minimum Gasteiger partial charge on any atom is -0.496 e. The Morgan fingerprint density at radius 2 is 1.90 bits per heavy atom. The summed E-state index contributed by atoms with van der Waals surface area (Å²) in [6.45, 7) is 7.70. The van der Waals surface area contributed by atoms with Crippen molar-refractivity contribution in [1.82, 2.24) is 19.5 Å². The largest absolute Gasteiger partial charge is 0.496 e. The summed E-state index contributed by atoms with van der Waals surface area (Å²) in [5.74, 6) is -0.165. The molecule has 1 N–H and O–H groups in total. The lowest BCUT2D eigenvalue weighted by molar-refractivity contribution is 0.102. The van der Waals surface area contributed by atoms with E-state index in [1.165, 1.54) is 6.07 Å². The number of rotatable bonds is 7. The zero-order chi connectivity index (χ0) is 28.5. The molecule has 1 amide bonds. The number of likely N-dealkylation sites (N-methyl/N-ethyl adjacent to an activating group) is 1. The first-order valence-electron chi connectivity index (χ1n) is 14.0. The molecule has 0 radical (unpaired) electrons. The molecule has 0 unspecified atom stereocenters. The molecule has 2 aromatic carbocycles. The Hall–Kier alpha value is -4.25. The van der Waals surface area contributed by atoms with Crippen molar-refractivity contribution in [3.8, 4) is 5.75 Å². The van der Waals surface area contributed by atoms with Crippen LogP contribution in [0, 0.1) is 11.6 Å². The number of carbonyl (C=O) groups is 1. The fraction of sp³-hybridized carbons (Fsp3) is 0.367. The van der Waals surface area contributed by atoms with Gasteiger partial charge in [-0.15, -0.1) is 0 Å². The number of aromatic nitrogens is 3. The Morgan fingerprint density at radius 3 is 2.68 bits per heavy atom. The van der Waals surface area contributed by atoms with Gasteiger partial charge in [0.1, 0.15) is 28.9 Å². The van der Waals surface area contributed by atoms with Crippen LogP contribution in [0.15, 0.2) is 54.9 Å². The van der Waals surface area contributed by atoms with Gasteiger partial charge >= 0.3 is 0 Å². The zero-order valence-electron chi connectivity index (χ0n) is 23.2. The average Bonchev–Trinajstić information content (AvgIpc) is 3.65. The standard InChI is InChI=1S/C30H33F2N7O2/c1-3-36-13-15-37(16-14-36)21-7-8-22(27(18-21)41-2)30(40)34-25-19-33-39-12-10-28(35-29(25)39)38-11-4-5-26(38)23-17-20(31)6-9-24(23)32/h6-10,12,17-19,26H,3-5,11,13-16H2,1-2H3,(H,34,40)/t26-/m1/s1. The molecule has 214 valence electrons. The summed E-state index contributed by atoms with van der Waals surface area (Å²) in [6, 6.07) is 10.6. The van der Waals surface area contributed by atoms with Gasteiger partial charge < -0.3 is 24.8 Å². The molecule has 0 aliphatic carbocycles. The van der Waals surface area contributed by atoms with E-state index < -0.39 is 11.6 Å². The predicted molar refractivity (Wildman–Crippen MR) is 154 cm³/mol. The molecule has 9 nitrogen and oxygen atoms in total. The maximum atomic E-state index is 14.6. The Balaban J connectivity index is 1.23. The van der Waals surface area contributed by atoms with E-state index in [0.717, 1.165) is 57.0 Å². The molecule has 2 fully saturated rings. The minimum atomic E-state index is -0.472. The van der Waals surface area contributed by atoms with E-state index in [1.54, 1.807) is 36.2 Å². The van der Waals surface area contributed by atoms with Crippen LogP contribution in [0.3, 0.4) is 0 Å². The number of carbonyl (C=O) groups excluding carboxylic acids is 1. The van der Waals surface area contributed by atoms with Gasteiger partial charge in [-0.1, -0.05) is 6.92 Å². The number of amides is 1. The van der Waals surface area contributed by atoms with Gasteiger partial charge in [-0.05, 0) is 55.8 Å². The number of ether oxygens (including phenoxy) is 1. The number of piperazine rings is 1. The maximum absolute atomic E-state index is 14.6. The molecule has 0 saturated carbocycles. The average molecular weight is 562 g/mol. The van der Waals surface area contributed by atoms with E-state index in [4.69, 9.17) is 9.72 Å². The second kappa shape index (κ2) is 11.3. The van der Waals surface area contributed by atoms with Gasteiger partial charge in [0.25, 0.3) is 5.91 Å². The van der Waals surface area contributed by atoms with E-state index in [1.807, 2.05) is 17.0 Å². The highest BCUT2D eigenvalue weighted by Gasteiger charge is 2.30. The third-order valence-electron chi connectivity index (χ3n) is 8.08. The summed E-state index contributed by atoms with van der Waals surface area (Å²) in [5, 5.41) is 7.27. The topological polar surface area (TPSA) is 78.2 Å². The van der Waals surface area contributed by atoms with Crippen LogP contribution in [0.4, 0.5) is 26.0 Å². The Kier molecular flexibility index (Phi) is 7.44. The summed E-state index contributed by atoms with van der Waals surface area (Å²) in [4.78, 5) is 24.8. The molecule has 2 aromatic heterocycles. The van der Waals surface area contributed by atoms with Crippen LogP contribution < -0.4 is 19.9 Å². The van der Waals surface area contributed by atoms with Crippen molar-refractivity contribution in [3.05, 3.63) is 77.6 Å². The number of hydrogen-bond acceptors (Lipinski definition) is 7. The number of methoxy groups -OCH3 is 1. The van der Waals surface area contributed by atoms with Crippen LogP contribution in [0.25, 0.3) is 5.65 Å². The lowest BCUT2D eigenvalue weighted by Crippen LogP contribution is -2.46. The smallest absolute Gasteiger partial charge is 0.259 e. The van der Waals surface area contributed by atoms with E-state index in [9.17, 15) is 13.6 Å². The van der Waals surface area contributed by atoms with E-state index in [-0.39, 0.29) is 11.9 Å². The number of benzene rings is 2. The van der Waals surface area contributed by atoms with Gasteiger partial charge in [0.2, 0.25) is 0 Å². The summed E-state index contributed by atoms with van der Waals surface area (Å²) >= 11 is 0. The van der Waals surface area contributed by atoms with Gasteiger partial charge in [0, 0.05) is 56.2 Å². The second-order valence-electron chi connectivity index (χ2n) is 10.4. The molecule has 2 saturated heterocycles. The van der Waals surface area contributed by atoms with Crippen LogP contribution in [0.1, 0.15) is 41.7 Å². The second-order valence-corrected chi connectivity index (χ2v) is 10.4. The highest BCUT2D eigenvalue weighted by molar-refractivity contribution is 6.08. The molecule has 11 heteroatoms. The van der Waals surface area contributed by atoms with Crippen molar-refractivity contribution >= 4 is 28.7 Å². The SMILES string of the molecule is CCN1CCN(c2ccc(C(=O)Nc3cnn4ccc(N5CCC[C@@H]5c5cc(F)ccc5F)nc34)c(OC)c2)CC1. The molecule has 4 heterocycles. The molecule has 4 aromatic rings. The highest BCUT2D eigenvalue weighted by atomic mass is 19.1. The van der Waals surface area contributed by atoms with E-state index in [2.05, 4.69) is 27.1 Å². The molecular weight excluding hydrogens is 528 g/mol. The molecule has 2 aliphatic heterocycles. The lowest BCUT2D eigenvalue weighted by Gasteiger charge is -2.35. The molecule has 0 bridgehead atoms. The van der Waals surface area contributed by atoms with Crippen molar-refractivity contribution in [2.24, 2.45) is 0 Å². The number of hydrogen-bond donors (Lipinski definition) is 1. The monoisotopic (exact) mass is 561 g/mol. The quantitative estimate of drug-likeness (QED) is 0.349. The van der Waals surface area contributed by atoms with Crippen LogP contribution in [0.5, 0.6) is 5.75 Å². The zero-order valence-corrected chi connectivity index (χ0v) is 23.2. The Bertz CT molecular complexity index is 1570. The summed E-state index contributed by atoms with van der Waals surface area (Å²) in [6.07, 6.45) is 4.80. The van der Waals surface area contributed by atoms with Crippen LogP contribution in [-0.4, -0.2) is 71.8 Å². The van der Waals surface area contributed by atoms with Gasteiger partial charge in [-0.2, -0.15) is 5.10 Å². The van der Waals surface area contributed by atoms with Crippen LogP contribution >= 0.6 is 0 Å². The van der Waals surface area contributed by atoms with Crippen molar-refractivity contribution in [3.63, 3.8) is 0 Å². The van der Waals surface area contributed by atoms with Crippen molar-refractivity contribution in [2.75, 3.05) is 61.5 Å². The lowest BCUT2D eigenvalue weighted by atomic mass is 10.0. The third-order valence-corrected chi connectivity index (χ3v) is 8.08. The van der Waals surface area contributed by atoms with Crippen LogP contribution in [-0.2, 0) is 0 Å². The van der Waals surface area contributed by atoms with E-state index in [0.29, 0.717) is 47.0 Å². The minimum absolute atomic E-state index is 0.314. The van der Waals surface area contributed by atoms with Crippen molar-refractivity contribution < 1.29 is 18.3 Å². The van der Waals surface area contributed by atoms with Gasteiger partial charge in [0.15, 0.2) is 5.65 Å². The summed E-state index contributed by atoms with van der Waals surface area (Å²) in [7, 11) is 1.56. The molecule has 2 aliphatic rings. The first-order valence-corrected chi connectivity index (χ1v) is 14.0. The Morgan fingerprint density at radius 1 is 1.07 bits per heavy atom. The fourth-order valence-electron chi connectivity index (χ4n) is 5.82. The van der Waals surface area contributed by atoms with Gasteiger partial charge in [-0.3, -0.25) is 4.79 Å². The summed E-state index contributed by atoms with van der Waals surface area (Å²) < 4.78 is 35.7. The van der Waals surface area contributed by atoms with Gasteiger partial charge in [-0.25, -0.2) is 18.3 Å². The third kappa shape index (κ3) is 5.29. The summed E-state index contributed by atoms with van der Waals surface area (Å²) in [5.41, 5.74) is 2.62. The molecule has 1 atom stereocenters. The van der Waals surface area contributed by atoms with Crippen molar-refractivity contribution in [2.45, 2.75) is 25.8 Å². The van der Waals surface area contributed by atoms with E-state index >= 15 is 0 Å². The van der Waals surface area contributed by atoms with Crippen LogP contribution in [0.2, 0.25) is 0 Å². The number of anilines is 3. The Labute approximate surface area is 237 Å². The predicted octanol–water partition coefficient (Wildman–Crippen LogP) is 4.75. The first-order chi connectivity index (χ1) is 19.9. The molecule has 0 spiro atoms. The number of halogens is 2. The number of nitrogens with zero attached hydrogens (tertiary/aromatic N) is 6. The number of fused-ring (bicyclic) bond motifs is 1. The van der Waals surface area contributed by atoms with Gasteiger partial charge in [0.05, 0.1) is 24.9 Å². The first kappa shape index (κ1) is 26.9.